The fraction of sp³-hybridized carbons (Fsp3) is 0.300. The van der Waals surface area contributed by atoms with Crippen LogP contribution < -0.4 is 4.90 Å². The van der Waals surface area contributed by atoms with E-state index in [0.717, 1.165) is 29.5 Å². The monoisotopic (exact) mass is 430 g/mol. The summed E-state index contributed by atoms with van der Waals surface area (Å²) in [6.45, 7) is 1.13. The number of rotatable bonds is 7. The van der Waals surface area contributed by atoms with Gasteiger partial charge in [-0.2, -0.15) is 0 Å². The molecule has 0 atom stereocenters. The summed E-state index contributed by atoms with van der Waals surface area (Å²) in [6.07, 6.45) is 0.698. The van der Waals surface area contributed by atoms with Gasteiger partial charge in [-0.05, 0) is 45.3 Å². The summed E-state index contributed by atoms with van der Waals surface area (Å²) in [7, 11) is 3.90. The molecule has 1 amide bonds. The Morgan fingerprint density at radius 2 is 1.97 bits per heavy atom. The maximum Gasteiger partial charge on any atom is 0.250 e. The van der Waals surface area contributed by atoms with Crippen molar-refractivity contribution < 1.29 is 13.6 Å². The third-order valence-electron chi connectivity index (χ3n) is 4.63. The summed E-state index contributed by atoms with van der Waals surface area (Å²) in [5.41, 5.74) is 1.51. The number of benzene rings is 2. The van der Waals surface area contributed by atoms with Crippen molar-refractivity contribution in [2.75, 3.05) is 32.1 Å². The number of hydrogen-bond acceptors (Lipinski definition) is 6. The summed E-state index contributed by atoms with van der Waals surface area (Å²) in [4.78, 5) is 21.0. The van der Waals surface area contributed by atoms with Gasteiger partial charge < -0.3 is 4.90 Å². The molecule has 156 valence electrons. The van der Waals surface area contributed by atoms with Crippen molar-refractivity contribution in [2.45, 2.75) is 13.0 Å². The van der Waals surface area contributed by atoms with E-state index in [-0.39, 0.29) is 18.0 Å². The summed E-state index contributed by atoms with van der Waals surface area (Å²) >= 11 is 1.09. The third-order valence-corrected chi connectivity index (χ3v) is 5.65. The predicted molar refractivity (Wildman–Crippen MR) is 113 cm³/mol. The molecule has 4 rings (SSSR count). The largest absolute Gasteiger partial charge is 0.309 e. The van der Waals surface area contributed by atoms with E-state index in [1.54, 1.807) is 0 Å². The van der Waals surface area contributed by atoms with Gasteiger partial charge in [-0.25, -0.2) is 18.4 Å². The van der Waals surface area contributed by atoms with Crippen LogP contribution in [0.2, 0.25) is 0 Å². The molecule has 4 aromatic rings. The molecule has 0 aliphatic heterocycles. The smallest absolute Gasteiger partial charge is 0.250 e. The minimum absolute atomic E-state index is 0.0325. The van der Waals surface area contributed by atoms with E-state index >= 15 is 0 Å². The fourth-order valence-corrected chi connectivity index (χ4v) is 4.23. The number of aromatic nitrogens is 4. The van der Waals surface area contributed by atoms with E-state index in [1.165, 1.54) is 15.6 Å². The Morgan fingerprint density at radius 1 is 1.17 bits per heavy atom. The molecule has 0 radical (unpaired) electrons. The molecule has 7 nitrogen and oxygen atoms in total. The molecule has 0 aliphatic carbocycles. The van der Waals surface area contributed by atoms with Gasteiger partial charge in [-0.3, -0.25) is 9.69 Å². The first kappa shape index (κ1) is 20.3. The molecule has 0 bridgehead atoms. The first-order valence-electron chi connectivity index (χ1n) is 9.41. The topological polar surface area (TPSA) is 67.2 Å². The molecule has 0 saturated carbocycles. The number of fused-ring (bicyclic) bond motifs is 2. The molecule has 0 N–H and O–H groups in total. The average Bonchev–Trinajstić information content (AvgIpc) is 3.29. The average molecular weight is 430 g/mol. The number of carbonyl (C=O) groups is 1. The van der Waals surface area contributed by atoms with E-state index in [4.69, 9.17) is 0 Å². The summed E-state index contributed by atoms with van der Waals surface area (Å²) in [5, 5.41) is 8.48. The van der Waals surface area contributed by atoms with Crippen molar-refractivity contribution in [3.05, 3.63) is 48.0 Å². The quantitative estimate of drug-likeness (QED) is 0.450. The van der Waals surface area contributed by atoms with Crippen LogP contribution in [0.3, 0.4) is 0 Å². The van der Waals surface area contributed by atoms with Crippen molar-refractivity contribution >= 4 is 43.6 Å². The SMILES string of the molecule is CN(C)CCCN(C(=O)Cn1nnc2ccccc21)c1nc2c(F)cc(F)cc2s1. The Labute approximate surface area is 175 Å². The minimum atomic E-state index is -0.740. The Morgan fingerprint density at radius 3 is 2.77 bits per heavy atom. The molecule has 2 aromatic heterocycles. The summed E-state index contributed by atoms with van der Waals surface area (Å²) < 4.78 is 29.6. The third kappa shape index (κ3) is 4.14. The molecule has 0 aliphatic rings. The number of amides is 1. The standard InChI is InChI=1S/C20H20F2N6OS/c1-26(2)8-5-9-27(20-23-19-14(22)10-13(21)11-17(19)30-20)18(29)12-28-16-7-4-3-6-15(16)24-25-28/h3-4,6-7,10-11H,5,8-9,12H2,1-2H3. The second-order valence-corrected chi connectivity index (χ2v) is 8.18. The Hall–Kier alpha value is -2.98. The van der Waals surface area contributed by atoms with Crippen molar-refractivity contribution in [1.29, 1.82) is 0 Å². The molecule has 30 heavy (non-hydrogen) atoms. The van der Waals surface area contributed by atoms with Crippen LogP contribution in [0.25, 0.3) is 21.3 Å². The van der Waals surface area contributed by atoms with Crippen LogP contribution in [0, 0.1) is 11.6 Å². The van der Waals surface area contributed by atoms with Crippen LogP contribution in [-0.2, 0) is 11.3 Å². The zero-order valence-corrected chi connectivity index (χ0v) is 17.4. The molecule has 10 heteroatoms. The van der Waals surface area contributed by atoms with Crippen LogP contribution in [0.5, 0.6) is 0 Å². The van der Waals surface area contributed by atoms with Gasteiger partial charge in [0.15, 0.2) is 10.9 Å². The number of nitrogens with zero attached hydrogens (tertiary/aromatic N) is 6. The lowest BCUT2D eigenvalue weighted by Crippen LogP contribution is -2.36. The maximum atomic E-state index is 14.1. The molecular formula is C20H20F2N6OS. The second kappa shape index (κ2) is 8.41. The maximum absolute atomic E-state index is 14.1. The van der Waals surface area contributed by atoms with Crippen LogP contribution in [0.4, 0.5) is 13.9 Å². The van der Waals surface area contributed by atoms with Crippen LogP contribution in [0.1, 0.15) is 6.42 Å². The Balaban J connectivity index is 1.65. The molecule has 2 aromatic carbocycles. The van der Waals surface area contributed by atoms with Gasteiger partial charge in [0, 0.05) is 12.6 Å². The Kier molecular flexibility index (Phi) is 5.69. The highest BCUT2D eigenvalue weighted by molar-refractivity contribution is 7.22. The Bertz CT molecular complexity index is 1200. The van der Waals surface area contributed by atoms with Crippen LogP contribution in [-0.4, -0.2) is 58.0 Å². The first-order chi connectivity index (χ1) is 14.4. The van der Waals surface area contributed by atoms with Crippen molar-refractivity contribution in [1.82, 2.24) is 24.9 Å². The lowest BCUT2D eigenvalue weighted by atomic mass is 10.3. The number of para-hydroxylation sites is 1. The number of halogens is 2. The van der Waals surface area contributed by atoms with Crippen molar-refractivity contribution in [2.24, 2.45) is 0 Å². The van der Waals surface area contributed by atoms with Gasteiger partial charge >= 0.3 is 0 Å². The van der Waals surface area contributed by atoms with Gasteiger partial charge in [0.25, 0.3) is 5.91 Å². The minimum Gasteiger partial charge on any atom is -0.309 e. The highest BCUT2D eigenvalue weighted by atomic mass is 32.1. The van der Waals surface area contributed by atoms with E-state index in [1.807, 2.05) is 43.3 Å². The number of anilines is 1. The zero-order chi connectivity index (χ0) is 21.3. The van der Waals surface area contributed by atoms with Gasteiger partial charge in [0.1, 0.15) is 23.4 Å². The van der Waals surface area contributed by atoms with Gasteiger partial charge in [0.2, 0.25) is 0 Å². The van der Waals surface area contributed by atoms with Gasteiger partial charge in [0.05, 0.1) is 10.2 Å². The summed E-state index contributed by atoms with van der Waals surface area (Å²) in [6, 6.07) is 9.40. The van der Waals surface area contributed by atoms with Crippen LogP contribution >= 0.6 is 11.3 Å². The first-order valence-corrected chi connectivity index (χ1v) is 10.2. The van der Waals surface area contributed by atoms with E-state index in [2.05, 4.69) is 15.3 Å². The highest BCUT2D eigenvalue weighted by Gasteiger charge is 2.22. The van der Waals surface area contributed by atoms with E-state index in [9.17, 15) is 13.6 Å². The lowest BCUT2D eigenvalue weighted by Gasteiger charge is -2.21. The van der Waals surface area contributed by atoms with Crippen LogP contribution in [0.15, 0.2) is 36.4 Å². The molecule has 0 spiro atoms. The van der Waals surface area contributed by atoms with Gasteiger partial charge in [-0.15, -0.1) is 5.10 Å². The van der Waals surface area contributed by atoms with Crippen molar-refractivity contribution in [3.8, 4) is 0 Å². The van der Waals surface area contributed by atoms with E-state index in [0.29, 0.717) is 28.3 Å². The molecule has 0 unspecified atom stereocenters. The normalized spacial score (nSPS) is 11.6. The molecule has 2 heterocycles. The molecule has 0 saturated heterocycles. The van der Waals surface area contributed by atoms with E-state index < -0.39 is 11.6 Å². The summed E-state index contributed by atoms with van der Waals surface area (Å²) in [5.74, 6) is -1.66. The lowest BCUT2D eigenvalue weighted by molar-refractivity contribution is -0.119. The number of hydrogen-bond donors (Lipinski definition) is 0. The fourth-order valence-electron chi connectivity index (χ4n) is 3.18. The van der Waals surface area contributed by atoms with Crippen molar-refractivity contribution in [3.63, 3.8) is 0 Å². The predicted octanol–water partition coefficient (Wildman–Crippen LogP) is 3.30. The number of thiazole rings is 1. The molecule has 0 fully saturated rings. The second-order valence-electron chi connectivity index (χ2n) is 7.17. The molecular weight excluding hydrogens is 410 g/mol. The number of carbonyl (C=O) groups excluding carboxylic acids is 1. The van der Waals surface area contributed by atoms with Gasteiger partial charge in [-0.1, -0.05) is 28.7 Å². The zero-order valence-electron chi connectivity index (χ0n) is 16.5. The highest BCUT2D eigenvalue weighted by Crippen LogP contribution is 2.31.